The Balaban J connectivity index is 1.02. The second kappa shape index (κ2) is 14.1. The van der Waals surface area contributed by atoms with Gasteiger partial charge in [0.1, 0.15) is 0 Å². The molecule has 0 bridgehead atoms. The number of anilines is 3. The maximum absolute atomic E-state index is 2.49. The van der Waals surface area contributed by atoms with Crippen LogP contribution in [0.2, 0.25) is 0 Å². The first-order valence-electron chi connectivity index (χ1n) is 21.3. The van der Waals surface area contributed by atoms with E-state index in [2.05, 4.69) is 216 Å². The highest BCUT2D eigenvalue weighted by Crippen LogP contribution is 2.45. The summed E-state index contributed by atoms with van der Waals surface area (Å²) in [5.74, 6) is 0. The second-order valence-electron chi connectivity index (χ2n) is 16.3. The molecule has 12 rings (SSSR count). The van der Waals surface area contributed by atoms with Crippen molar-refractivity contribution in [3.05, 3.63) is 217 Å². The maximum Gasteiger partial charge on any atom is 0.0546 e. The lowest BCUT2D eigenvalue weighted by Gasteiger charge is -2.28. The Morgan fingerprint density at radius 3 is 1.88 bits per heavy atom. The van der Waals surface area contributed by atoms with Gasteiger partial charge in [-0.25, -0.2) is 0 Å². The average molecular weight is 767 g/mol. The van der Waals surface area contributed by atoms with Gasteiger partial charge in [0.25, 0.3) is 0 Å². The quantitative estimate of drug-likeness (QED) is 0.153. The number of fused-ring (bicyclic) bond motifs is 9. The molecular weight excluding hydrogens is 725 g/mol. The van der Waals surface area contributed by atoms with Crippen molar-refractivity contribution in [1.82, 2.24) is 4.57 Å². The minimum atomic E-state index is 1.12. The van der Waals surface area contributed by atoms with Crippen LogP contribution in [0.3, 0.4) is 0 Å². The van der Waals surface area contributed by atoms with Crippen LogP contribution < -0.4 is 4.90 Å². The Morgan fingerprint density at radius 1 is 0.367 bits per heavy atom. The summed E-state index contributed by atoms with van der Waals surface area (Å²) in [4.78, 5) is 2.47. The molecule has 1 heterocycles. The first-order chi connectivity index (χ1) is 29.8. The van der Waals surface area contributed by atoms with Crippen molar-refractivity contribution >= 4 is 71.2 Å². The molecule has 60 heavy (non-hydrogen) atoms. The van der Waals surface area contributed by atoms with Crippen molar-refractivity contribution in [3.63, 3.8) is 0 Å². The lowest BCUT2D eigenvalue weighted by Crippen LogP contribution is -2.11. The predicted octanol–water partition coefficient (Wildman–Crippen LogP) is 15.9. The van der Waals surface area contributed by atoms with Crippen LogP contribution in [0.1, 0.15) is 24.0 Å². The van der Waals surface area contributed by atoms with Crippen molar-refractivity contribution < 1.29 is 0 Å². The van der Waals surface area contributed by atoms with E-state index >= 15 is 0 Å². The fourth-order valence-corrected chi connectivity index (χ4v) is 10.1. The molecule has 1 aliphatic carbocycles. The number of rotatable bonds is 6. The molecule has 0 N–H and O–H groups in total. The topological polar surface area (TPSA) is 8.17 Å². The smallest absolute Gasteiger partial charge is 0.0546 e. The number of benzene rings is 10. The molecular formula is C58H42N2. The van der Waals surface area contributed by atoms with Crippen LogP contribution >= 0.6 is 0 Å². The molecule has 0 saturated heterocycles. The average Bonchev–Trinajstić information content (AvgIpc) is 3.66. The number of nitrogens with zero attached hydrogens (tertiary/aromatic N) is 2. The van der Waals surface area contributed by atoms with Gasteiger partial charge in [-0.3, -0.25) is 0 Å². The summed E-state index contributed by atoms with van der Waals surface area (Å²) in [5.41, 5.74) is 15.0. The van der Waals surface area contributed by atoms with Gasteiger partial charge in [0.2, 0.25) is 0 Å². The number of para-hydroxylation sites is 2. The fourth-order valence-electron chi connectivity index (χ4n) is 10.1. The van der Waals surface area contributed by atoms with Crippen molar-refractivity contribution in [1.29, 1.82) is 0 Å². The molecule has 0 aliphatic heterocycles. The van der Waals surface area contributed by atoms with E-state index in [0.717, 1.165) is 17.8 Å². The van der Waals surface area contributed by atoms with Crippen LogP contribution in [0.25, 0.3) is 82.1 Å². The zero-order chi connectivity index (χ0) is 39.6. The van der Waals surface area contributed by atoms with Crippen molar-refractivity contribution in [2.24, 2.45) is 0 Å². The van der Waals surface area contributed by atoms with E-state index in [-0.39, 0.29) is 0 Å². The van der Waals surface area contributed by atoms with Gasteiger partial charge in [0.05, 0.1) is 16.7 Å². The van der Waals surface area contributed by atoms with E-state index in [4.69, 9.17) is 0 Å². The predicted molar refractivity (Wildman–Crippen MR) is 255 cm³/mol. The molecule has 0 saturated carbocycles. The van der Waals surface area contributed by atoms with E-state index in [1.807, 2.05) is 0 Å². The normalized spacial score (nSPS) is 12.7. The van der Waals surface area contributed by atoms with Crippen LogP contribution in [0.15, 0.2) is 206 Å². The van der Waals surface area contributed by atoms with Crippen molar-refractivity contribution in [3.8, 4) is 27.9 Å². The molecule has 0 amide bonds. The summed E-state index contributed by atoms with van der Waals surface area (Å²) < 4.78 is 2.38. The Labute approximate surface area is 350 Å². The zero-order valence-electron chi connectivity index (χ0n) is 33.4. The van der Waals surface area contributed by atoms with Crippen LogP contribution in [-0.2, 0) is 12.8 Å². The van der Waals surface area contributed by atoms with Gasteiger partial charge in [-0.15, -0.1) is 0 Å². The molecule has 0 atom stereocenters. The van der Waals surface area contributed by atoms with E-state index in [0.29, 0.717) is 0 Å². The monoisotopic (exact) mass is 766 g/mol. The molecule has 0 fully saturated rings. The van der Waals surface area contributed by atoms with Gasteiger partial charge in [-0.1, -0.05) is 146 Å². The standard InChI is InChI=1S/C58H42N2/c1-2-18-44(19-3-1)60-56-28-13-12-27-53(56)55-36-40(31-34-57(55)60)39-29-32-45(33-30-39)59(58-38-43-16-5-7-22-48(43)50-24-10-11-26-52(50)58)46-20-14-17-41(35-46)54-37-42-15-4-6-21-47(42)49-23-8-9-25-51(49)54/h1-3,5,7-14,16-20,22-38H,4,6,15,21H2. The third kappa shape index (κ3) is 5.63. The largest absolute Gasteiger partial charge is 0.310 e. The van der Waals surface area contributed by atoms with E-state index < -0.39 is 0 Å². The highest BCUT2D eigenvalue weighted by Gasteiger charge is 2.21. The van der Waals surface area contributed by atoms with Gasteiger partial charge in [0, 0.05) is 33.2 Å². The van der Waals surface area contributed by atoms with Gasteiger partial charge in [-0.2, -0.15) is 0 Å². The summed E-state index contributed by atoms with van der Waals surface area (Å²) in [7, 11) is 0. The molecule has 10 aromatic carbocycles. The molecule has 2 nitrogen and oxygen atoms in total. The highest BCUT2D eigenvalue weighted by atomic mass is 15.1. The molecule has 11 aromatic rings. The lowest BCUT2D eigenvalue weighted by molar-refractivity contribution is 0.690. The molecule has 1 aromatic heterocycles. The molecule has 0 spiro atoms. The van der Waals surface area contributed by atoms with Crippen LogP contribution in [-0.4, -0.2) is 4.57 Å². The summed E-state index contributed by atoms with van der Waals surface area (Å²) in [6.07, 6.45) is 4.84. The van der Waals surface area contributed by atoms with E-state index in [1.165, 1.54) is 113 Å². The fraction of sp³-hybridized carbons (Fsp3) is 0.0690. The Morgan fingerprint density at radius 2 is 1.03 bits per heavy atom. The molecule has 0 radical (unpaired) electrons. The van der Waals surface area contributed by atoms with Crippen LogP contribution in [0, 0.1) is 0 Å². The third-order valence-corrected chi connectivity index (χ3v) is 12.9. The Bertz CT molecular complexity index is 3430. The number of hydrogen-bond donors (Lipinski definition) is 0. The Kier molecular flexibility index (Phi) is 8.16. The van der Waals surface area contributed by atoms with Gasteiger partial charge >= 0.3 is 0 Å². The van der Waals surface area contributed by atoms with E-state index in [1.54, 1.807) is 5.56 Å². The minimum Gasteiger partial charge on any atom is -0.310 e. The number of aryl methyl sites for hydroxylation is 2. The summed E-state index contributed by atoms with van der Waals surface area (Å²) in [6.45, 7) is 0. The molecule has 0 unspecified atom stereocenters. The van der Waals surface area contributed by atoms with Gasteiger partial charge < -0.3 is 9.47 Å². The number of aromatic nitrogens is 1. The first kappa shape index (κ1) is 34.6. The maximum atomic E-state index is 2.49. The molecule has 284 valence electrons. The second-order valence-corrected chi connectivity index (χ2v) is 16.3. The first-order valence-corrected chi connectivity index (χ1v) is 21.3. The number of hydrogen-bond acceptors (Lipinski definition) is 1. The SMILES string of the molecule is c1ccc(-n2c3ccccc3c3cc(-c4ccc(N(c5cccc(-c6cc7c(c8ccccc68)CCCC7)c5)c5cc6ccccc6c6ccccc56)cc4)ccc32)cc1. The van der Waals surface area contributed by atoms with Gasteiger partial charge in [0.15, 0.2) is 0 Å². The lowest BCUT2D eigenvalue weighted by atomic mass is 9.84. The molecule has 1 aliphatic rings. The minimum absolute atomic E-state index is 1.12. The summed E-state index contributed by atoms with van der Waals surface area (Å²) in [5, 5.41) is 10.2. The van der Waals surface area contributed by atoms with E-state index in [9.17, 15) is 0 Å². The summed E-state index contributed by atoms with van der Waals surface area (Å²) >= 11 is 0. The molecule has 2 heteroatoms. The highest BCUT2D eigenvalue weighted by molar-refractivity contribution is 6.15. The van der Waals surface area contributed by atoms with Gasteiger partial charge in [-0.05, 0) is 147 Å². The Hall–Kier alpha value is -7.42. The zero-order valence-corrected chi connectivity index (χ0v) is 33.4. The third-order valence-electron chi connectivity index (χ3n) is 12.9. The van der Waals surface area contributed by atoms with Crippen molar-refractivity contribution in [2.45, 2.75) is 25.7 Å². The summed E-state index contributed by atoms with van der Waals surface area (Å²) in [6, 6.07) is 76.4. The van der Waals surface area contributed by atoms with Crippen LogP contribution in [0.5, 0.6) is 0 Å². The van der Waals surface area contributed by atoms with Crippen LogP contribution in [0.4, 0.5) is 17.1 Å². The van der Waals surface area contributed by atoms with Crippen molar-refractivity contribution in [2.75, 3.05) is 4.90 Å².